The van der Waals surface area contributed by atoms with E-state index in [-0.39, 0.29) is 6.04 Å². The maximum atomic E-state index is 9.56. The Kier molecular flexibility index (Phi) is 4.58. The molecule has 0 aliphatic heterocycles. The van der Waals surface area contributed by atoms with Gasteiger partial charge in [-0.15, -0.1) is 0 Å². The highest BCUT2D eigenvalue weighted by atomic mass is 35.5. The molecule has 3 heteroatoms. The van der Waals surface area contributed by atoms with Crippen molar-refractivity contribution in [3.8, 4) is 0 Å². The maximum Gasteiger partial charge on any atom is 0.0691 e. The highest BCUT2D eigenvalue weighted by Crippen LogP contribution is 2.17. The number of halogens is 1. The van der Waals surface area contributed by atoms with Crippen molar-refractivity contribution in [1.82, 2.24) is 0 Å². The molecule has 0 saturated heterocycles. The summed E-state index contributed by atoms with van der Waals surface area (Å²) in [5.74, 6) is 0. The van der Waals surface area contributed by atoms with E-state index in [2.05, 4.69) is 6.07 Å². The molecular weight excluding hydrogens is 210 g/mol. The van der Waals surface area contributed by atoms with Crippen LogP contribution >= 0.6 is 11.6 Å². The SMILES string of the molecule is Cc1cc(CCC(O)C(C)N)ccc1Cl. The molecule has 0 spiro atoms. The predicted molar refractivity (Wildman–Crippen MR) is 64.2 cm³/mol. The molecule has 0 heterocycles. The zero-order chi connectivity index (χ0) is 11.4. The fraction of sp³-hybridized carbons (Fsp3) is 0.500. The van der Waals surface area contributed by atoms with E-state index in [1.54, 1.807) is 0 Å². The number of rotatable bonds is 4. The van der Waals surface area contributed by atoms with Gasteiger partial charge in [0.05, 0.1) is 6.10 Å². The Morgan fingerprint density at radius 3 is 2.67 bits per heavy atom. The van der Waals surface area contributed by atoms with Gasteiger partial charge < -0.3 is 10.8 Å². The van der Waals surface area contributed by atoms with E-state index >= 15 is 0 Å². The van der Waals surface area contributed by atoms with Crippen LogP contribution in [0.2, 0.25) is 5.02 Å². The molecule has 0 aliphatic rings. The lowest BCUT2D eigenvalue weighted by molar-refractivity contribution is 0.141. The summed E-state index contributed by atoms with van der Waals surface area (Å²) in [5, 5.41) is 10.3. The molecule has 15 heavy (non-hydrogen) atoms. The molecule has 0 aliphatic carbocycles. The van der Waals surface area contributed by atoms with Crippen molar-refractivity contribution in [1.29, 1.82) is 0 Å². The quantitative estimate of drug-likeness (QED) is 0.829. The minimum Gasteiger partial charge on any atom is -0.392 e. The summed E-state index contributed by atoms with van der Waals surface area (Å²) in [6.45, 7) is 3.80. The third-order valence-corrected chi connectivity index (χ3v) is 2.98. The number of aliphatic hydroxyl groups excluding tert-OH is 1. The Labute approximate surface area is 96.1 Å². The molecule has 1 rings (SSSR count). The van der Waals surface area contributed by atoms with E-state index in [0.717, 1.165) is 17.0 Å². The van der Waals surface area contributed by atoms with Crippen LogP contribution in [0.3, 0.4) is 0 Å². The second-order valence-electron chi connectivity index (χ2n) is 4.05. The molecule has 2 nitrogen and oxygen atoms in total. The summed E-state index contributed by atoms with van der Waals surface area (Å²) in [7, 11) is 0. The Bertz CT molecular complexity index is 325. The van der Waals surface area contributed by atoms with Gasteiger partial charge in [0.1, 0.15) is 0 Å². The van der Waals surface area contributed by atoms with Gasteiger partial charge in [-0.2, -0.15) is 0 Å². The molecule has 0 radical (unpaired) electrons. The Morgan fingerprint density at radius 1 is 1.47 bits per heavy atom. The summed E-state index contributed by atoms with van der Waals surface area (Å²) in [4.78, 5) is 0. The largest absolute Gasteiger partial charge is 0.392 e. The summed E-state index contributed by atoms with van der Waals surface area (Å²) in [6.07, 6.45) is 1.10. The van der Waals surface area contributed by atoms with E-state index < -0.39 is 6.10 Å². The summed E-state index contributed by atoms with van der Waals surface area (Å²) >= 11 is 5.92. The van der Waals surface area contributed by atoms with Crippen molar-refractivity contribution in [2.45, 2.75) is 38.8 Å². The molecule has 84 valence electrons. The Balaban J connectivity index is 2.55. The van der Waals surface area contributed by atoms with Crippen LogP contribution in [-0.4, -0.2) is 17.3 Å². The first kappa shape index (κ1) is 12.5. The van der Waals surface area contributed by atoms with E-state index in [1.807, 2.05) is 26.0 Å². The molecular formula is C12H18ClNO. The molecule has 2 unspecified atom stereocenters. The predicted octanol–water partition coefficient (Wildman–Crippen LogP) is 2.29. The fourth-order valence-electron chi connectivity index (χ4n) is 1.44. The van der Waals surface area contributed by atoms with Crippen molar-refractivity contribution in [3.63, 3.8) is 0 Å². The first-order chi connectivity index (χ1) is 7.00. The number of aliphatic hydroxyl groups is 1. The number of nitrogens with two attached hydrogens (primary N) is 1. The van der Waals surface area contributed by atoms with Gasteiger partial charge in [0.15, 0.2) is 0 Å². The maximum absolute atomic E-state index is 9.56. The van der Waals surface area contributed by atoms with Crippen LogP contribution in [0.1, 0.15) is 24.5 Å². The third kappa shape index (κ3) is 3.82. The Morgan fingerprint density at radius 2 is 2.13 bits per heavy atom. The normalized spacial score (nSPS) is 15.0. The lowest BCUT2D eigenvalue weighted by Gasteiger charge is -2.14. The van der Waals surface area contributed by atoms with Crippen LogP contribution in [0.25, 0.3) is 0 Å². The van der Waals surface area contributed by atoms with Crippen LogP contribution in [0, 0.1) is 6.92 Å². The number of hydrogen-bond acceptors (Lipinski definition) is 2. The van der Waals surface area contributed by atoms with Crippen LogP contribution in [-0.2, 0) is 6.42 Å². The molecule has 0 saturated carbocycles. The van der Waals surface area contributed by atoms with E-state index in [1.165, 1.54) is 5.56 Å². The monoisotopic (exact) mass is 227 g/mol. The highest BCUT2D eigenvalue weighted by molar-refractivity contribution is 6.31. The van der Waals surface area contributed by atoms with Gasteiger partial charge in [-0.25, -0.2) is 0 Å². The minimum atomic E-state index is -0.430. The molecule has 1 aromatic rings. The van der Waals surface area contributed by atoms with Crippen molar-refractivity contribution in [2.24, 2.45) is 5.73 Å². The van der Waals surface area contributed by atoms with Gasteiger partial charge in [-0.3, -0.25) is 0 Å². The summed E-state index contributed by atoms with van der Waals surface area (Å²) in [5.41, 5.74) is 7.85. The van der Waals surface area contributed by atoms with Crippen molar-refractivity contribution < 1.29 is 5.11 Å². The first-order valence-electron chi connectivity index (χ1n) is 5.19. The van der Waals surface area contributed by atoms with Crippen LogP contribution in [0.5, 0.6) is 0 Å². The van der Waals surface area contributed by atoms with Gasteiger partial charge in [-0.05, 0) is 43.9 Å². The van der Waals surface area contributed by atoms with Gasteiger partial charge in [0.2, 0.25) is 0 Å². The minimum absolute atomic E-state index is 0.168. The van der Waals surface area contributed by atoms with E-state index in [4.69, 9.17) is 17.3 Å². The average Bonchev–Trinajstić information content (AvgIpc) is 2.19. The summed E-state index contributed by atoms with van der Waals surface area (Å²) in [6, 6.07) is 5.77. The summed E-state index contributed by atoms with van der Waals surface area (Å²) < 4.78 is 0. The van der Waals surface area contributed by atoms with Gasteiger partial charge in [-0.1, -0.05) is 23.7 Å². The molecule has 0 aromatic heterocycles. The van der Waals surface area contributed by atoms with Gasteiger partial charge in [0, 0.05) is 11.1 Å². The average molecular weight is 228 g/mol. The standard InChI is InChI=1S/C12H18ClNO/c1-8-7-10(3-5-11(8)13)4-6-12(15)9(2)14/h3,5,7,9,12,15H,4,6,14H2,1-2H3. The third-order valence-electron chi connectivity index (χ3n) is 2.56. The fourth-order valence-corrected chi connectivity index (χ4v) is 1.56. The van der Waals surface area contributed by atoms with Crippen molar-refractivity contribution >= 4 is 11.6 Å². The van der Waals surface area contributed by atoms with Crippen LogP contribution in [0.4, 0.5) is 0 Å². The molecule has 0 amide bonds. The number of aryl methyl sites for hydroxylation is 2. The molecule has 2 atom stereocenters. The molecule has 0 bridgehead atoms. The second kappa shape index (κ2) is 5.50. The first-order valence-corrected chi connectivity index (χ1v) is 5.57. The van der Waals surface area contributed by atoms with Crippen LogP contribution in [0.15, 0.2) is 18.2 Å². The lowest BCUT2D eigenvalue weighted by Crippen LogP contribution is -2.31. The number of benzene rings is 1. The smallest absolute Gasteiger partial charge is 0.0691 e. The van der Waals surface area contributed by atoms with E-state index in [9.17, 15) is 5.11 Å². The molecule has 0 fully saturated rings. The molecule has 1 aromatic carbocycles. The topological polar surface area (TPSA) is 46.2 Å². The second-order valence-corrected chi connectivity index (χ2v) is 4.46. The van der Waals surface area contributed by atoms with Gasteiger partial charge >= 0.3 is 0 Å². The lowest BCUT2D eigenvalue weighted by atomic mass is 10.0. The van der Waals surface area contributed by atoms with Crippen LogP contribution < -0.4 is 5.73 Å². The van der Waals surface area contributed by atoms with Crippen molar-refractivity contribution in [3.05, 3.63) is 34.3 Å². The van der Waals surface area contributed by atoms with Gasteiger partial charge in [0.25, 0.3) is 0 Å². The Hall–Kier alpha value is -0.570. The molecule has 3 N–H and O–H groups in total. The number of hydrogen-bond donors (Lipinski definition) is 2. The van der Waals surface area contributed by atoms with Crippen molar-refractivity contribution in [2.75, 3.05) is 0 Å². The highest BCUT2D eigenvalue weighted by Gasteiger charge is 2.09. The zero-order valence-electron chi connectivity index (χ0n) is 9.20. The zero-order valence-corrected chi connectivity index (χ0v) is 9.96. The van der Waals surface area contributed by atoms with E-state index in [0.29, 0.717) is 6.42 Å².